The van der Waals surface area contributed by atoms with Gasteiger partial charge in [0.2, 0.25) is 0 Å². The lowest BCUT2D eigenvalue weighted by molar-refractivity contribution is -0.384. The zero-order chi connectivity index (χ0) is 20.2. The third-order valence-electron chi connectivity index (χ3n) is 5.09. The lowest BCUT2D eigenvalue weighted by Crippen LogP contribution is -2.33. The first-order valence-electron chi connectivity index (χ1n) is 9.78. The van der Waals surface area contributed by atoms with E-state index in [1.165, 1.54) is 18.6 Å². The number of carbonyl (C=O) groups is 1. The van der Waals surface area contributed by atoms with Gasteiger partial charge >= 0.3 is 0 Å². The van der Waals surface area contributed by atoms with Gasteiger partial charge in [0.25, 0.3) is 11.6 Å². The second-order valence-electron chi connectivity index (χ2n) is 7.09. The Morgan fingerprint density at radius 3 is 2.72 bits per heavy atom. The molecule has 3 aromatic rings. The lowest BCUT2D eigenvalue weighted by Gasteiger charge is -2.30. The number of rotatable bonds is 6. The Morgan fingerprint density at radius 2 is 1.97 bits per heavy atom. The van der Waals surface area contributed by atoms with Crippen LogP contribution < -0.4 is 10.2 Å². The van der Waals surface area contributed by atoms with Crippen LogP contribution >= 0.6 is 11.3 Å². The number of hydrogen-bond donors (Lipinski definition) is 1. The summed E-state index contributed by atoms with van der Waals surface area (Å²) in [7, 11) is 0. The van der Waals surface area contributed by atoms with E-state index in [1.54, 1.807) is 17.4 Å². The molecular formula is C21H22N4O3S. The van der Waals surface area contributed by atoms with Gasteiger partial charge in [-0.25, -0.2) is 4.98 Å². The number of nitro groups is 1. The molecule has 1 saturated heterocycles. The Kier molecular flexibility index (Phi) is 5.71. The van der Waals surface area contributed by atoms with Crippen LogP contribution in [0.2, 0.25) is 0 Å². The van der Waals surface area contributed by atoms with Crippen LogP contribution in [0.25, 0.3) is 10.2 Å². The topological polar surface area (TPSA) is 88.4 Å². The van der Waals surface area contributed by atoms with E-state index in [9.17, 15) is 14.9 Å². The standard InChI is InChI=1S/C21H22N4O3S/c26-21(22-11-10-20-23-17-6-2-3-7-19(17)29-20)16-14-15(25(27)28)8-9-18(16)24-12-4-1-5-13-24/h2-3,6-9,14H,1,4-5,10-13H2,(H,22,26). The highest BCUT2D eigenvalue weighted by Gasteiger charge is 2.21. The summed E-state index contributed by atoms with van der Waals surface area (Å²) < 4.78 is 1.12. The summed E-state index contributed by atoms with van der Waals surface area (Å²) in [4.78, 5) is 30.3. The molecule has 0 bridgehead atoms. The minimum absolute atomic E-state index is 0.0675. The van der Waals surface area contributed by atoms with Crippen molar-refractivity contribution in [3.05, 3.63) is 63.1 Å². The van der Waals surface area contributed by atoms with Gasteiger partial charge in [-0.2, -0.15) is 0 Å². The molecular weight excluding hydrogens is 388 g/mol. The van der Waals surface area contributed by atoms with E-state index in [0.717, 1.165) is 46.8 Å². The maximum absolute atomic E-state index is 12.9. The second kappa shape index (κ2) is 8.57. The van der Waals surface area contributed by atoms with Crippen LogP contribution in [0.4, 0.5) is 11.4 Å². The minimum atomic E-state index is -0.460. The van der Waals surface area contributed by atoms with Crippen molar-refractivity contribution in [2.75, 3.05) is 24.5 Å². The van der Waals surface area contributed by atoms with E-state index in [0.29, 0.717) is 18.5 Å². The number of thiazole rings is 1. The van der Waals surface area contributed by atoms with Crippen molar-refractivity contribution in [1.29, 1.82) is 0 Å². The van der Waals surface area contributed by atoms with Crippen molar-refractivity contribution in [2.45, 2.75) is 25.7 Å². The van der Waals surface area contributed by atoms with E-state index < -0.39 is 4.92 Å². The zero-order valence-corrected chi connectivity index (χ0v) is 16.8. The molecule has 0 aliphatic carbocycles. The van der Waals surface area contributed by atoms with Gasteiger partial charge in [-0.05, 0) is 37.5 Å². The molecule has 0 atom stereocenters. The van der Waals surface area contributed by atoms with Gasteiger partial charge < -0.3 is 10.2 Å². The number of non-ortho nitro benzene ring substituents is 1. The van der Waals surface area contributed by atoms with Gasteiger partial charge in [0.1, 0.15) is 0 Å². The number of fused-ring (bicyclic) bond motifs is 1. The minimum Gasteiger partial charge on any atom is -0.371 e. The maximum atomic E-state index is 12.9. The number of nitrogens with one attached hydrogen (secondary N) is 1. The summed E-state index contributed by atoms with van der Waals surface area (Å²) in [6.45, 7) is 2.16. The Balaban J connectivity index is 1.48. The third-order valence-corrected chi connectivity index (χ3v) is 6.19. The molecule has 1 aliphatic heterocycles. The molecule has 1 N–H and O–H groups in total. The van der Waals surface area contributed by atoms with Crippen molar-refractivity contribution < 1.29 is 9.72 Å². The van der Waals surface area contributed by atoms with E-state index in [4.69, 9.17) is 0 Å². The van der Waals surface area contributed by atoms with Gasteiger partial charge in [-0.1, -0.05) is 12.1 Å². The summed E-state index contributed by atoms with van der Waals surface area (Å²) in [6.07, 6.45) is 3.93. The van der Waals surface area contributed by atoms with Crippen LogP contribution in [0.3, 0.4) is 0 Å². The zero-order valence-electron chi connectivity index (χ0n) is 16.0. The fourth-order valence-corrected chi connectivity index (χ4v) is 4.60. The van der Waals surface area contributed by atoms with Gasteiger partial charge in [-0.15, -0.1) is 11.3 Å². The number of hydrogen-bond acceptors (Lipinski definition) is 6. The van der Waals surface area contributed by atoms with Gasteiger partial charge in [0.05, 0.1) is 31.4 Å². The Morgan fingerprint density at radius 1 is 1.17 bits per heavy atom. The summed E-state index contributed by atoms with van der Waals surface area (Å²) in [5.74, 6) is -0.282. The molecule has 0 spiro atoms. The van der Waals surface area contributed by atoms with Crippen LogP contribution in [0, 0.1) is 10.1 Å². The highest BCUT2D eigenvalue weighted by atomic mass is 32.1. The molecule has 1 aromatic heterocycles. The number of amides is 1. The van der Waals surface area contributed by atoms with Crippen molar-refractivity contribution >= 4 is 38.8 Å². The molecule has 150 valence electrons. The fraction of sp³-hybridized carbons (Fsp3) is 0.333. The number of benzene rings is 2. The average Bonchev–Trinajstić information content (AvgIpc) is 3.16. The Hall–Kier alpha value is -3.00. The van der Waals surface area contributed by atoms with E-state index >= 15 is 0 Å². The first-order chi connectivity index (χ1) is 14.1. The summed E-state index contributed by atoms with van der Waals surface area (Å²) in [5, 5.41) is 15.1. The summed E-state index contributed by atoms with van der Waals surface area (Å²) in [5.41, 5.74) is 2.03. The molecule has 0 saturated carbocycles. The third kappa shape index (κ3) is 4.37. The predicted octanol–water partition coefficient (Wildman–Crippen LogP) is 4.17. The number of piperidine rings is 1. The molecule has 1 amide bonds. The number of aromatic nitrogens is 1. The van der Waals surface area contributed by atoms with Crippen LogP contribution in [-0.4, -0.2) is 35.4 Å². The average molecular weight is 410 g/mol. The smallest absolute Gasteiger partial charge is 0.270 e. The molecule has 0 unspecified atom stereocenters. The highest BCUT2D eigenvalue weighted by Crippen LogP contribution is 2.28. The van der Waals surface area contributed by atoms with E-state index in [2.05, 4.69) is 15.2 Å². The van der Waals surface area contributed by atoms with Gasteiger partial charge in [0.15, 0.2) is 0 Å². The molecule has 29 heavy (non-hydrogen) atoms. The Bertz CT molecular complexity index is 1010. The van der Waals surface area contributed by atoms with Crippen LogP contribution in [-0.2, 0) is 6.42 Å². The molecule has 7 nitrogen and oxygen atoms in total. The number of nitrogens with zero attached hydrogens (tertiary/aromatic N) is 3. The van der Waals surface area contributed by atoms with Gasteiger partial charge in [-0.3, -0.25) is 14.9 Å². The summed E-state index contributed by atoms with van der Waals surface area (Å²) in [6, 6.07) is 12.5. The van der Waals surface area contributed by atoms with Gasteiger partial charge in [0, 0.05) is 38.2 Å². The predicted molar refractivity (Wildman–Crippen MR) is 115 cm³/mol. The second-order valence-corrected chi connectivity index (χ2v) is 8.20. The number of anilines is 1. The molecule has 0 radical (unpaired) electrons. The quantitative estimate of drug-likeness (QED) is 0.487. The van der Waals surface area contributed by atoms with E-state index in [1.807, 2.05) is 24.3 Å². The number of nitro benzene ring substituents is 1. The maximum Gasteiger partial charge on any atom is 0.270 e. The van der Waals surface area contributed by atoms with Crippen molar-refractivity contribution in [2.24, 2.45) is 0 Å². The van der Waals surface area contributed by atoms with Crippen LogP contribution in [0.1, 0.15) is 34.6 Å². The molecule has 1 aliphatic rings. The monoisotopic (exact) mass is 410 g/mol. The first kappa shape index (κ1) is 19.3. The fourth-order valence-electron chi connectivity index (χ4n) is 3.64. The highest BCUT2D eigenvalue weighted by molar-refractivity contribution is 7.18. The molecule has 8 heteroatoms. The Labute approximate surface area is 172 Å². The van der Waals surface area contributed by atoms with E-state index in [-0.39, 0.29) is 11.6 Å². The summed E-state index contributed by atoms with van der Waals surface area (Å²) >= 11 is 1.62. The first-order valence-corrected chi connectivity index (χ1v) is 10.6. The molecule has 1 fully saturated rings. The number of para-hydroxylation sites is 1. The van der Waals surface area contributed by atoms with Crippen molar-refractivity contribution in [3.8, 4) is 0 Å². The van der Waals surface area contributed by atoms with Crippen molar-refractivity contribution in [1.82, 2.24) is 10.3 Å². The van der Waals surface area contributed by atoms with Crippen molar-refractivity contribution in [3.63, 3.8) is 0 Å². The van der Waals surface area contributed by atoms with Crippen LogP contribution in [0.5, 0.6) is 0 Å². The molecule has 2 heterocycles. The molecule has 2 aromatic carbocycles. The van der Waals surface area contributed by atoms with Crippen LogP contribution in [0.15, 0.2) is 42.5 Å². The molecule has 4 rings (SSSR count). The lowest BCUT2D eigenvalue weighted by atomic mass is 10.1. The largest absolute Gasteiger partial charge is 0.371 e. The number of carbonyl (C=O) groups excluding carboxylic acids is 1. The normalized spacial score (nSPS) is 14.1. The SMILES string of the molecule is O=C(NCCc1nc2ccccc2s1)c1cc([N+](=O)[O-])ccc1N1CCCCC1.